The summed E-state index contributed by atoms with van der Waals surface area (Å²) in [4.78, 5) is 13.6. The minimum absolute atomic E-state index is 0.0934. The molecule has 19 heavy (non-hydrogen) atoms. The molecule has 1 aromatic heterocycles. The van der Waals surface area contributed by atoms with Crippen LogP contribution in [0.1, 0.15) is 12.7 Å². The molecule has 1 fully saturated rings. The van der Waals surface area contributed by atoms with E-state index in [1.165, 1.54) is 0 Å². The molecule has 2 unspecified atom stereocenters. The molecule has 1 N–H and O–H groups in total. The number of hydrogen-bond donors (Lipinski definition) is 1. The van der Waals surface area contributed by atoms with Crippen LogP contribution in [0.2, 0.25) is 0 Å². The van der Waals surface area contributed by atoms with E-state index >= 15 is 0 Å². The van der Waals surface area contributed by atoms with Gasteiger partial charge in [-0.15, -0.1) is 0 Å². The number of aliphatic hydroxyl groups excluding tert-OH is 1. The normalized spacial score (nSPS) is 23.4. The van der Waals surface area contributed by atoms with Crippen LogP contribution in [0, 0.1) is 6.92 Å². The van der Waals surface area contributed by atoms with Gasteiger partial charge in [-0.25, -0.2) is 0 Å². The van der Waals surface area contributed by atoms with Crippen LogP contribution in [-0.2, 0) is 9.53 Å². The van der Waals surface area contributed by atoms with Crippen molar-refractivity contribution < 1.29 is 23.9 Å². The van der Waals surface area contributed by atoms with Gasteiger partial charge in [0.25, 0.3) is 11.8 Å². The number of ether oxygens (including phenoxy) is 2. The zero-order chi connectivity index (χ0) is 13.8. The van der Waals surface area contributed by atoms with Gasteiger partial charge in [-0.1, -0.05) is 0 Å². The van der Waals surface area contributed by atoms with Crippen molar-refractivity contribution in [1.29, 1.82) is 0 Å². The van der Waals surface area contributed by atoms with Crippen LogP contribution in [-0.4, -0.2) is 59.6 Å². The van der Waals surface area contributed by atoms with Crippen molar-refractivity contribution in [3.8, 4) is 5.88 Å². The van der Waals surface area contributed by atoms with Crippen LogP contribution in [0.4, 0.5) is 0 Å². The number of carbonyl (C=O) groups is 1. The van der Waals surface area contributed by atoms with Crippen molar-refractivity contribution in [2.24, 2.45) is 0 Å². The molecule has 1 amide bonds. The van der Waals surface area contributed by atoms with E-state index in [9.17, 15) is 4.79 Å². The van der Waals surface area contributed by atoms with E-state index in [2.05, 4.69) is 5.16 Å². The van der Waals surface area contributed by atoms with Gasteiger partial charge in [0, 0.05) is 19.2 Å². The molecular weight excluding hydrogens is 252 g/mol. The molecule has 0 aromatic carbocycles. The van der Waals surface area contributed by atoms with E-state index in [0.29, 0.717) is 24.7 Å². The molecule has 0 aliphatic carbocycles. The average Bonchev–Trinajstić information content (AvgIpc) is 2.81. The summed E-state index contributed by atoms with van der Waals surface area (Å²) < 4.78 is 15.6. The second-order valence-electron chi connectivity index (χ2n) is 4.61. The molecule has 0 spiro atoms. The number of aryl methyl sites for hydroxylation is 1. The lowest BCUT2D eigenvalue weighted by atomic mass is 10.2. The highest BCUT2D eigenvalue weighted by molar-refractivity contribution is 5.77. The molecule has 1 aromatic rings. The van der Waals surface area contributed by atoms with Crippen molar-refractivity contribution in [3.63, 3.8) is 0 Å². The Labute approximate surface area is 111 Å². The maximum Gasteiger partial charge on any atom is 0.260 e. The largest absolute Gasteiger partial charge is 0.465 e. The van der Waals surface area contributed by atoms with Crippen LogP contribution < -0.4 is 4.74 Å². The van der Waals surface area contributed by atoms with E-state index in [1.807, 2.05) is 6.92 Å². The summed E-state index contributed by atoms with van der Waals surface area (Å²) in [7, 11) is 0. The topological polar surface area (TPSA) is 85.0 Å². The third-order valence-electron chi connectivity index (χ3n) is 2.83. The average molecular weight is 270 g/mol. The van der Waals surface area contributed by atoms with Crippen LogP contribution in [0.15, 0.2) is 10.6 Å². The Morgan fingerprint density at radius 1 is 1.63 bits per heavy atom. The SMILES string of the molecule is Cc1cc(OCC(=O)N2CC(C)OC(CO)C2)no1. The van der Waals surface area contributed by atoms with Crippen molar-refractivity contribution in [3.05, 3.63) is 11.8 Å². The number of aliphatic hydroxyl groups is 1. The fraction of sp³-hybridized carbons (Fsp3) is 0.667. The maximum absolute atomic E-state index is 12.0. The summed E-state index contributed by atoms with van der Waals surface area (Å²) in [6, 6.07) is 1.62. The number of amides is 1. The summed E-state index contributed by atoms with van der Waals surface area (Å²) in [5.74, 6) is 0.767. The van der Waals surface area contributed by atoms with Crippen molar-refractivity contribution in [2.45, 2.75) is 26.1 Å². The van der Waals surface area contributed by atoms with Gasteiger partial charge >= 0.3 is 0 Å². The quantitative estimate of drug-likeness (QED) is 0.827. The lowest BCUT2D eigenvalue weighted by Crippen LogP contribution is -2.51. The highest BCUT2D eigenvalue weighted by Gasteiger charge is 2.28. The van der Waals surface area contributed by atoms with Gasteiger partial charge in [-0.3, -0.25) is 4.79 Å². The number of carbonyl (C=O) groups excluding carboxylic acids is 1. The third kappa shape index (κ3) is 3.68. The monoisotopic (exact) mass is 270 g/mol. The number of nitrogens with zero attached hydrogens (tertiary/aromatic N) is 2. The van der Waals surface area contributed by atoms with E-state index in [0.717, 1.165) is 0 Å². The highest BCUT2D eigenvalue weighted by Crippen LogP contribution is 2.13. The van der Waals surface area contributed by atoms with Gasteiger partial charge in [0.2, 0.25) is 0 Å². The summed E-state index contributed by atoms with van der Waals surface area (Å²) in [5.41, 5.74) is 0. The van der Waals surface area contributed by atoms with Gasteiger partial charge in [-0.05, 0) is 19.0 Å². The van der Waals surface area contributed by atoms with E-state index in [-0.39, 0.29) is 31.3 Å². The summed E-state index contributed by atoms with van der Waals surface area (Å²) in [6.45, 7) is 4.28. The molecule has 0 radical (unpaired) electrons. The Morgan fingerprint density at radius 3 is 3.05 bits per heavy atom. The van der Waals surface area contributed by atoms with E-state index in [1.54, 1.807) is 17.9 Å². The summed E-state index contributed by atoms with van der Waals surface area (Å²) in [5, 5.41) is 12.7. The first kappa shape index (κ1) is 13.8. The standard InChI is InChI=1S/C12H18N2O5/c1-8-3-11(13-19-8)17-7-12(16)14-4-9(2)18-10(5-14)6-15/h3,9-10,15H,4-7H2,1-2H3. The van der Waals surface area contributed by atoms with Gasteiger partial charge in [0.15, 0.2) is 6.61 Å². The lowest BCUT2D eigenvalue weighted by molar-refractivity contribution is -0.149. The molecule has 7 nitrogen and oxygen atoms in total. The van der Waals surface area contributed by atoms with Crippen LogP contribution in [0.3, 0.4) is 0 Å². The van der Waals surface area contributed by atoms with Gasteiger partial charge in [0.1, 0.15) is 5.76 Å². The Kier molecular flexibility index (Phi) is 4.39. The Balaban J connectivity index is 1.85. The minimum Gasteiger partial charge on any atom is -0.465 e. The lowest BCUT2D eigenvalue weighted by Gasteiger charge is -2.35. The molecular formula is C12H18N2O5. The van der Waals surface area contributed by atoms with Crippen molar-refractivity contribution in [1.82, 2.24) is 10.1 Å². The molecule has 2 heterocycles. The van der Waals surface area contributed by atoms with Gasteiger partial charge < -0.3 is 24.0 Å². The van der Waals surface area contributed by atoms with E-state index < -0.39 is 0 Å². The molecule has 1 aliphatic heterocycles. The molecule has 1 saturated heterocycles. The molecule has 7 heteroatoms. The van der Waals surface area contributed by atoms with Gasteiger partial charge in [-0.2, -0.15) is 0 Å². The second-order valence-corrected chi connectivity index (χ2v) is 4.61. The molecule has 0 saturated carbocycles. The molecule has 0 bridgehead atoms. The van der Waals surface area contributed by atoms with Gasteiger partial charge in [0.05, 0.1) is 18.8 Å². The number of hydrogen-bond acceptors (Lipinski definition) is 6. The smallest absolute Gasteiger partial charge is 0.260 e. The van der Waals surface area contributed by atoms with Crippen molar-refractivity contribution >= 4 is 5.91 Å². The summed E-state index contributed by atoms with van der Waals surface area (Å²) >= 11 is 0. The third-order valence-corrected chi connectivity index (χ3v) is 2.83. The first-order chi connectivity index (χ1) is 9.08. The first-order valence-corrected chi connectivity index (χ1v) is 6.18. The first-order valence-electron chi connectivity index (χ1n) is 6.18. The zero-order valence-corrected chi connectivity index (χ0v) is 11.0. The predicted octanol–water partition coefficient (Wildman–Crippen LogP) is -0.0300. The van der Waals surface area contributed by atoms with E-state index in [4.69, 9.17) is 19.1 Å². The molecule has 1 aliphatic rings. The minimum atomic E-state index is -0.331. The van der Waals surface area contributed by atoms with Crippen LogP contribution in [0.5, 0.6) is 5.88 Å². The Hall–Kier alpha value is -1.60. The fourth-order valence-corrected chi connectivity index (χ4v) is 1.99. The number of rotatable bonds is 4. The highest BCUT2D eigenvalue weighted by atomic mass is 16.5. The number of aromatic nitrogens is 1. The van der Waals surface area contributed by atoms with Crippen molar-refractivity contribution in [2.75, 3.05) is 26.3 Å². The second kappa shape index (κ2) is 6.03. The number of morpholine rings is 1. The maximum atomic E-state index is 12.0. The summed E-state index contributed by atoms with van der Waals surface area (Å²) in [6.07, 6.45) is -0.425. The predicted molar refractivity (Wildman–Crippen MR) is 64.7 cm³/mol. The molecule has 2 atom stereocenters. The Morgan fingerprint density at radius 2 is 2.42 bits per heavy atom. The molecule has 106 valence electrons. The zero-order valence-electron chi connectivity index (χ0n) is 11.0. The van der Waals surface area contributed by atoms with Crippen LogP contribution >= 0.6 is 0 Å². The fourth-order valence-electron chi connectivity index (χ4n) is 1.99. The molecule has 2 rings (SSSR count). The van der Waals surface area contributed by atoms with Crippen LogP contribution in [0.25, 0.3) is 0 Å². The Bertz CT molecular complexity index is 434.